The molecule has 0 atom stereocenters. The van der Waals surface area contributed by atoms with Crippen LogP contribution in [0, 0.1) is 10.8 Å². The standard InChI is InChI=1S/C25H26ClN5O.C4H9NO/c1-4-17(13-27)18(5-2)15-32-21-10-11-23-22(12-21)25(19-6-8-20(26)9-7-19)30-14-24(29)31(23)16(3)28;1-3-5-4(2)6/h4-12,28-29H,1-2,13-15,27H2,3H3;3H2,1-2H3,(H,5,6)/b18-17-,28-16?,29-24?;. The van der Waals surface area contributed by atoms with E-state index in [4.69, 9.17) is 32.9 Å². The Balaban J connectivity index is 0.000000757. The van der Waals surface area contributed by atoms with Gasteiger partial charge in [0.05, 0.1) is 17.9 Å². The van der Waals surface area contributed by atoms with Gasteiger partial charge in [0.1, 0.15) is 24.0 Å². The Morgan fingerprint density at radius 3 is 2.34 bits per heavy atom. The fourth-order valence-electron chi connectivity index (χ4n) is 3.72. The molecule has 0 aromatic heterocycles. The van der Waals surface area contributed by atoms with Gasteiger partial charge >= 0.3 is 0 Å². The van der Waals surface area contributed by atoms with Crippen LogP contribution in [0.1, 0.15) is 31.9 Å². The van der Waals surface area contributed by atoms with Gasteiger partial charge in [0.25, 0.3) is 0 Å². The Hall–Kier alpha value is -4.01. The summed E-state index contributed by atoms with van der Waals surface area (Å²) in [4.78, 5) is 16.2. The van der Waals surface area contributed by atoms with Crippen molar-refractivity contribution in [3.05, 3.63) is 95.1 Å². The van der Waals surface area contributed by atoms with Crippen molar-refractivity contribution in [2.45, 2.75) is 20.8 Å². The number of hydrogen-bond donors (Lipinski definition) is 4. The van der Waals surface area contributed by atoms with Gasteiger partial charge in [-0.15, -0.1) is 0 Å². The van der Waals surface area contributed by atoms with Crippen LogP contribution in [0.25, 0.3) is 0 Å². The zero-order valence-electron chi connectivity index (χ0n) is 22.1. The normalized spacial score (nSPS) is 13.0. The average molecular weight is 535 g/mol. The first-order valence-corrected chi connectivity index (χ1v) is 12.5. The average Bonchev–Trinajstić information content (AvgIpc) is 3.03. The zero-order chi connectivity index (χ0) is 28.2. The van der Waals surface area contributed by atoms with Crippen LogP contribution in [0.2, 0.25) is 5.02 Å². The molecule has 0 saturated carbocycles. The highest BCUT2D eigenvalue weighted by Gasteiger charge is 2.25. The van der Waals surface area contributed by atoms with E-state index in [1.165, 1.54) is 6.92 Å². The summed E-state index contributed by atoms with van der Waals surface area (Å²) in [6, 6.07) is 13.0. The molecular weight excluding hydrogens is 500 g/mol. The molecule has 0 radical (unpaired) electrons. The number of ether oxygens (including phenoxy) is 1. The first-order valence-electron chi connectivity index (χ1n) is 12.1. The summed E-state index contributed by atoms with van der Waals surface area (Å²) in [5.74, 6) is 1.14. The van der Waals surface area contributed by atoms with Crippen LogP contribution in [0.15, 0.2) is 83.9 Å². The minimum Gasteiger partial charge on any atom is -0.489 e. The Morgan fingerprint density at radius 2 is 1.84 bits per heavy atom. The smallest absolute Gasteiger partial charge is 0.216 e. The molecule has 1 heterocycles. The SMILES string of the molecule is C=C/C(CN)=C(\C=C)COc1ccc2c(c1)C(c1ccc(Cl)cc1)=NCC(=N)N2C(C)=N.CCNC(C)=O. The zero-order valence-corrected chi connectivity index (χ0v) is 22.9. The fraction of sp³-hybridized carbons (Fsp3) is 0.241. The quantitative estimate of drug-likeness (QED) is 0.213. The molecule has 0 spiro atoms. The molecule has 2 aromatic rings. The van der Waals surface area contributed by atoms with Crippen LogP contribution in [-0.4, -0.2) is 49.5 Å². The highest BCUT2D eigenvalue weighted by atomic mass is 35.5. The van der Waals surface area contributed by atoms with Crippen LogP contribution in [-0.2, 0) is 4.79 Å². The van der Waals surface area contributed by atoms with Gasteiger partial charge in [-0.2, -0.15) is 0 Å². The van der Waals surface area contributed by atoms with Crippen molar-refractivity contribution >= 4 is 40.6 Å². The van der Waals surface area contributed by atoms with Crippen molar-refractivity contribution in [2.24, 2.45) is 10.7 Å². The molecule has 5 N–H and O–H groups in total. The summed E-state index contributed by atoms with van der Waals surface area (Å²) in [5, 5.41) is 19.8. The minimum absolute atomic E-state index is 0.0394. The minimum atomic E-state index is 0.0394. The number of benzene rings is 2. The number of nitrogens with two attached hydrogens (primary N) is 1. The van der Waals surface area contributed by atoms with E-state index in [0.29, 0.717) is 28.7 Å². The van der Waals surface area contributed by atoms with E-state index in [1.54, 1.807) is 36.1 Å². The number of fused-ring (bicyclic) bond motifs is 1. The third-order valence-electron chi connectivity index (χ3n) is 5.52. The maximum absolute atomic E-state index is 9.93. The number of amides is 1. The monoisotopic (exact) mass is 534 g/mol. The van der Waals surface area contributed by atoms with Gasteiger partial charge in [-0.1, -0.05) is 49.0 Å². The van der Waals surface area contributed by atoms with Gasteiger partial charge in [0.2, 0.25) is 5.91 Å². The number of benzodiazepines with no additional fused rings is 1. The molecule has 3 rings (SSSR count). The van der Waals surface area contributed by atoms with Gasteiger partial charge in [-0.3, -0.25) is 25.5 Å². The Labute approximate surface area is 229 Å². The molecule has 8 nitrogen and oxygen atoms in total. The van der Waals surface area contributed by atoms with E-state index in [0.717, 1.165) is 28.8 Å². The second kappa shape index (κ2) is 14.7. The highest BCUT2D eigenvalue weighted by molar-refractivity contribution is 6.31. The molecule has 0 unspecified atom stereocenters. The van der Waals surface area contributed by atoms with Gasteiger partial charge in [0.15, 0.2) is 0 Å². The predicted molar refractivity (Wildman–Crippen MR) is 158 cm³/mol. The van der Waals surface area contributed by atoms with E-state index in [1.807, 2.05) is 37.3 Å². The van der Waals surface area contributed by atoms with Crippen molar-refractivity contribution in [3.8, 4) is 5.75 Å². The fourth-order valence-corrected chi connectivity index (χ4v) is 3.85. The molecule has 9 heteroatoms. The first-order chi connectivity index (χ1) is 18.2. The van der Waals surface area contributed by atoms with E-state index in [2.05, 4.69) is 23.5 Å². The summed E-state index contributed by atoms with van der Waals surface area (Å²) in [6.07, 6.45) is 3.43. The number of anilines is 1. The predicted octanol–water partition coefficient (Wildman–Crippen LogP) is 5.12. The number of carbonyl (C=O) groups excluding carboxylic acids is 1. The summed E-state index contributed by atoms with van der Waals surface area (Å²) in [6.45, 7) is 14.2. The van der Waals surface area contributed by atoms with Crippen molar-refractivity contribution in [1.29, 1.82) is 10.8 Å². The van der Waals surface area contributed by atoms with Crippen LogP contribution in [0.3, 0.4) is 0 Å². The summed E-state index contributed by atoms with van der Waals surface area (Å²) >= 11 is 6.07. The van der Waals surface area contributed by atoms with E-state index >= 15 is 0 Å². The number of nitrogens with one attached hydrogen (secondary N) is 3. The van der Waals surface area contributed by atoms with Crippen LogP contribution in [0.5, 0.6) is 5.75 Å². The van der Waals surface area contributed by atoms with Crippen LogP contribution >= 0.6 is 11.6 Å². The van der Waals surface area contributed by atoms with Gasteiger partial charge in [0, 0.05) is 36.2 Å². The van der Waals surface area contributed by atoms with E-state index in [9.17, 15) is 4.79 Å². The Kier molecular flexibility index (Phi) is 11.7. The third kappa shape index (κ3) is 7.99. The summed E-state index contributed by atoms with van der Waals surface area (Å²) < 4.78 is 6.04. The largest absolute Gasteiger partial charge is 0.489 e. The lowest BCUT2D eigenvalue weighted by Gasteiger charge is -2.24. The second-order valence-corrected chi connectivity index (χ2v) is 8.69. The number of amidine groups is 2. The molecule has 0 aliphatic carbocycles. The van der Waals surface area contributed by atoms with E-state index in [-0.39, 0.29) is 30.7 Å². The third-order valence-corrected chi connectivity index (χ3v) is 5.77. The number of hydrogen-bond acceptors (Lipinski definition) is 6. The van der Waals surface area contributed by atoms with Crippen LogP contribution < -0.4 is 20.7 Å². The lowest BCUT2D eigenvalue weighted by Crippen LogP contribution is -2.35. The number of nitrogens with zero attached hydrogens (tertiary/aromatic N) is 2. The molecule has 1 aliphatic heterocycles. The highest BCUT2D eigenvalue weighted by Crippen LogP contribution is 2.31. The number of halogens is 1. The van der Waals surface area contributed by atoms with Crippen molar-refractivity contribution in [3.63, 3.8) is 0 Å². The number of aliphatic imine (C=N–C) groups is 1. The second-order valence-electron chi connectivity index (χ2n) is 8.26. The molecule has 0 saturated heterocycles. The lowest BCUT2D eigenvalue weighted by molar-refractivity contribution is -0.118. The molecule has 2 aromatic carbocycles. The van der Waals surface area contributed by atoms with Crippen molar-refractivity contribution in [2.75, 3.05) is 31.1 Å². The summed E-state index contributed by atoms with van der Waals surface area (Å²) in [5.41, 5.74) is 10.6. The molecule has 1 aliphatic rings. The molecule has 0 bridgehead atoms. The molecular formula is C29H35ClN6O2. The van der Waals surface area contributed by atoms with Crippen molar-refractivity contribution < 1.29 is 9.53 Å². The maximum Gasteiger partial charge on any atom is 0.216 e. The molecule has 0 fully saturated rings. The molecule has 38 heavy (non-hydrogen) atoms. The summed E-state index contributed by atoms with van der Waals surface area (Å²) in [7, 11) is 0. The Bertz CT molecular complexity index is 1260. The molecule has 200 valence electrons. The maximum atomic E-state index is 9.93. The number of carbonyl (C=O) groups is 1. The lowest BCUT2D eigenvalue weighted by atomic mass is 9.99. The molecule has 1 amide bonds. The van der Waals surface area contributed by atoms with E-state index < -0.39 is 0 Å². The van der Waals surface area contributed by atoms with Crippen LogP contribution in [0.4, 0.5) is 5.69 Å². The van der Waals surface area contributed by atoms with Gasteiger partial charge < -0.3 is 15.8 Å². The van der Waals surface area contributed by atoms with Gasteiger partial charge in [-0.25, -0.2) is 0 Å². The topological polar surface area (TPSA) is 128 Å². The number of rotatable bonds is 8. The van der Waals surface area contributed by atoms with Crippen molar-refractivity contribution in [1.82, 2.24) is 5.32 Å². The van der Waals surface area contributed by atoms with Gasteiger partial charge in [-0.05, 0) is 55.3 Å². The Morgan fingerprint density at radius 1 is 1.18 bits per heavy atom. The first kappa shape index (κ1) is 30.2.